The molecule has 0 saturated carbocycles. The lowest BCUT2D eigenvalue weighted by atomic mass is 9.84. The van der Waals surface area contributed by atoms with Crippen molar-refractivity contribution in [3.8, 4) is 0 Å². The van der Waals surface area contributed by atoms with Crippen LogP contribution in [-0.4, -0.2) is 0 Å². The van der Waals surface area contributed by atoms with Gasteiger partial charge in [0.25, 0.3) is 0 Å². The number of benzene rings is 1. The Morgan fingerprint density at radius 3 is 2.08 bits per heavy atom. The van der Waals surface area contributed by atoms with Crippen LogP contribution in [0.3, 0.4) is 0 Å². The van der Waals surface area contributed by atoms with Crippen LogP contribution in [0.4, 0.5) is 0 Å². The van der Waals surface area contributed by atoms with Crippen molar-refractivity contribution in [1.29, 1.82) is 0 Å². The van der Waals surface area contributed by atoms with Gasteiger partial charge in [0.05, 0.1) is 0 Å². The molecule has 1 rings (SSSR count). The summed E-state index contributed by atoms with van der Waals surface area (Å²) in [6.45, 7) is 8.74. The lowest BCUT2D eigenvalue weighted by Crippen LogP contribution is -2.07. The zero-order valence-corrected chi connectivity index (χ0v) is 8.66. The summed E-state index contributed by atoms with van der Waals surface area (Å²) in [5.74, 6) is 1.18. The SMILES string of the molecule is [CH2]C(c1ccccc1)C(CC)CC. The normalized spacial score (nSPS) is 13.2. The van der Waals surface area contributed by atoms with E-state index < -0.39 is 0 Å². The van der Waals surface area contributed by atoms with Gasteiger partial charge < -0.3 is 0 Å². The van der Waals surface area contributed by atoms with Gasteiger partial charge in [-0.3, -0.25) is 0 Å². The highest BCUT2D eigenvalue weighted by Gasteiger charge is 2.14. The summed E-state index contributed by atoms with van der Waals surface area (Å²) >= 11 is 0. The van der Waals surface area contributed by atoms with E-state index in [-0.39, 0.29) is 0 Å². The Morgan fingerprint density at radius 2 is 1.62 bits per heavy atom. The van der Waals surface area contributed by atoms with E-state index in [1.165, 1.54) is 18.4 Å². The molecule has 1 aromatic rings. The molecule has 0 aromatic heterocycles. The van der Waals surface area contributed by atoms with Crippen LogP contribution in [0.25, 0.3) is 0 Å². The lowest BCUT2D eigenvalue weighted by Gasteiger charge is -2.21. The predicted molar refractivity (Wildman–Crippen MR) is 58.6 cm³/mol. The number of hydrogen-bond acceptors (Lipinski definition) is 0. The molecule has 13 heavy (non-hydrogen) atoms. The molecule has 0 bridgehead atoms. The van der Waals surface area contributed by atoms with Crippen LogP contribution >= 0.6 is 0 Å². The highest BCUT2D eigenvalue weighted by molar-refractivity contribution is 5.21. The van der Waals surface area contributed by atoms with E-state index in [9.17, 15) is 0 Å². The van der Waals surface area contributed by atoms with Crippen LogP contribution in [0.15, 0.2) is 30.3 Å². The van der Waals surface area contributed by atoms with E-state index in [0.717, 1.165) is 5.92 Å². The van der Waals surface area contributed by atoms with E-state index in [4.69, 9.17) is 0 Å². The van der Waals surface area contributed by atoms with Gasteiger partial charge in [0, 0.05) is 0 Å². The summed E-state index contributed by atoms with van der Waals surface area (Å²) < 4.78 is 0. The van der Waals surface area contributed by atoms with Crippen LogP contribution in [0.1, 0.15) is 38.2 Å². The highest BCUT2D eigenvalue weighted by Crippen LogP contribution is 2.28. The maximum Gasteiger partial charge on any atom is -0.0134 e. The smallest absolute Gasteiger partial charge is 0.0134 e. The largest absolute Gasteiger partial charge is 0.0651 e. The molecule has 0 heteroatoms. The summed E-state index contributed by atoms with van der Waals surface area (Å²) in [7, 11) is 0. The average molecular weight is 175 g/mol. The fourth-order valence-corrected chi connectivity index (χ4v) is 1.83. The summed E-state index contributed by atoms with van der Waals surface area (Å²) in [6, 6.07) is 10.6. The minimum atomic E-state index is 0.455. The van der Waals surface area contributed by atoms with Crippen molar-refractivity contribution in [3.63, 3.8) is 0 Å². The summed E-state index contributed by atoms with van der Waals surface area (Å²) in [6.07, 6.45) is 2.44. The van der Waals surface area contributed by atoms with Gasteiger partial charge in [-0.25, -0.2) is 0 Å². The minimum Gasteiger partial charge on any atom is -0.0651 e. The molecule has 0 N–H and O–H groups in total. The zero-order valence-electron chi connectivity index (χ0n) is 8.66. The van der Waals surface area contributed by atoms with Gasteiger partial charge >= 0.3 is 0 Å². The quantitative estimate of drug-likeness (QED) is 0.648. The molecule has 0 nitrogen and oxygen atoms in total. The Labute approximate surface area is 82.0 Å². The van der Waals surface area contributed by atoms with Crippen LogP contribution < -0.4 is 0 Å². The average Bonchev–Trinajstić information content (AvgIpc) is 2.21. The number of rotatable bonds is 4. The molecule has 1 atom stereocenters. The van der Waals surface area contributed by atoms with Crippen molar-refractivity contribution >= 4 is 0 Å². The first-order chi connectivity index (χ1) is 6.29. The number of hydrogen-bond donors (Lipinski definition) is 0. The minimum absolute atomic E-state index is 0.455. The van der Waals surface area contributed by atoms with E-state index in [0.29, 0.717) is 5.92 Å². The van der Waals surface area contributed by atoms with Crippen molar-refractivity contribution in [2.45, 2.75) is 32.6 Å². The van der Waals surface area contributed by atoms with Gasteiger partial charge in [-0.1, -0.05) is 57.0 Å². The molecule has 0 aliphatic carbocycles. The second-order valence-corrected chi connectivity index (χ2v) is 3.59. The van der Waals surface area contributed by atoms with E-state index in [2.05, 4.69) is 51.1 Å². The summed E-state index contributed by atoms with van der Waals surface area (Å²) in [5.41, 5.74) is 1.37. The van der Waals surface area contributed by atoms with Gasteiger partial charge in [0.2, 0.25) is 0 Å². The molecular weight excluding hydrogens is 156 g/mol. The first-order valence-electron chi connectivity index (χ1n) is 5.17. The second-order valence-electron chi connectivity index (χ2n) is 3.59. The Morgan fingerprint density at radius 1 is 1.08 bits per heavy atom. The first-order valence-corrected chi connectivity index (χ1v) is 5.17. The van der Waals surface area contributed by atoms with Crippen LogP contribution in [-0.2, 0) is 0 Å². The highest BCUT2D eigenvalue weighted by atomic mass is 14.2. The molecule has 0 aliphatic heterocycles. The molecule has 0 amide bonds. The van der Waals surface area contributed by atoms with E-state index in [1.54, 1.807) is 0 Å². The van der Waals surface area contributed by atoms with Crippen LogP contribution in [0.2, 0.25) is 0 Å². The third kappa shape index (κ3) is 2.58. The van der Waals surface area contributed by atoms with Gasteiger partial charge in [0.1, 0.15) is 0 Å². The van der Waals surface area contributed by atoms with Crippen molar-refractivity contribution in [3.05, 3.63) is 42.8 Å². The monoisotopic (exact) mass is 175 g/mol. The Bertz CT molecular complexity index is 221. The molecule has 0 heterocycles. The van der Waals surface area contributed by atoms with E-state index in [1.807, 2.05) is 0 Å². The second kappa shape index (κ2) is 5.06. The van der Waals surface area contributed by atoms with Crippen molar-refractivity contribution in [1.82, 2.24) is 0 Å². The fourth-order valence-electron chi connectivity index (χ4n) is 1.83. The Balaban J connectivity index is 2.72. The fraction of sp³-hybridized carbons (Fsp3) is 0.462. The third-order valence-corrected chi connectivity index (χ3v) is 2.85. The van der Waals surface area contributed by atoms with Crippen LogP contribution in [0, 0.1) is 12.8 Å². The molecule has 0 fully saturated rings. The molecule has 1 unspecified atom stereocenters. The maximum atomic E-state index is 4.25. The van der Waals surface area contributed by atoms with Crippen molar-refractivity contribution in [2.24, 2.45) is 5.92 Å². The molecule has 0 aliphatic rings. The molecule has 1 aromatic carbocycles. The standard InChI is InChI=1S/C13H19/c1-4-12(5-2)11(3)13-9-7-6-8-10-13/h6-12H,3-5H2,1-2H3. The van der Waals surface area contributed by atoms with Gasteiger partial charge in [0.15, 0.2) is 0 Å². The molecule has 0 saturated heterocycles. The van der Waals surface area contributed by atoms with Gasteiger partial charge in [-0.15, -0.1) is 0 Å². The first kappa shape index (κ1) is 10.3. The Hall–Kier alpha value is -0.780. The summed E-state index contributed by atoms with van der Waals surface area (Å²) in [5, 5.41) is 0. The van der Waals surface area contributed by atoms with Gasteiger partial charge in [-0.05, 0) is 24.3 Å². The molecule has 0 spiro atoms. The molecular formula is C13H19. The predicted octanol–water partition coefficient (Wildman–Crippen LogP) is 4.04. The Kier molecular flexibility index (Phi) is 4.01. The van der Waals surface area contributed by atoms with Crippen LogP contribution in [0.5, 0.6) is 0 Å². The van der Waals surface area contributed by atoms with Crippen molar-refractivity contribution < 1.29 is 0 Å². The zero-order chi connectivity index (χ0) is 9.68. The topological polar surface area (TPSA) is 0 Å². The maximum absolute atomic E-state index is 4.25. The molecule has 1 radical (unpaired) electrons. The third-order valence-electron chi connectivity index (χ3n) is 2.85. The molecule has 71 valence electrons. The van der Waals surface area contributed by atoms with Crippen molar-refractivity contribution in [2.75, 3.05) is 0 Å². The lowest BCUT2D eigenvalue weighted by molar-refractivity contribution is 0.444. The van der Waals surface area contributed by atoms with E-state index >= 15 is 0 Å². The van der Waals surface area contributed by atoms with Gasteiger partial charge in [-0.2, -0.15) is 0 Å². The summed E-state index contributed by atoms with van der Waals surface area (Å²) in [4.78, 5) is 0.